The molecule has 3 heteroatoms. The van der Waals surface area contributed by atoms with Crippen LogP contribution in [0.4, 0.5) is 0 Å². The first-order chi connectivity index (χ1) is 4.41. The molecular weight excluding hydrogens is 114 g/mol. The predicted octanol–water partition coefficient (Wildman–Crippen LogP) is -0.532. The van der Waals surface area contributed by atoms with Crippen LogP contribution in [-0.2, 0) is 0 Å². The lowest BCUT2D eigenvalue weighted by molar-refractivity contribution is 0.626. The maximum absolute atomic E-state index is 6.83. The van der Waals surface area contributed by atoms with Crippen molar-refractivity contribution in [2.75, 3.05) is 33.2 Å². The second-order valence-corrected chi connectivity index (χ2v) is 1.96. The van der Waals surface area contributed by atoms with Crippen LogP contribution >= 0.6 is 0 Å². The molecule has 0 aromatic heterocycles. The molecule has 0 amide bonds. The third-order valence-corrected chi connectivity index (χ3v) is 1.08. The summed E-state index contributed by atoms with van der Waals surface area (Å²) in [7, 11) is 1.94. The van der Waals surface area contributed by atoms with E-state index in [0.29, 0.717) is 6.54 Å². The fourth-order valence-electron chi connectivity index (χ4n) is 0.552. The van der Waals surface area contributed by atoms with Crippen LogP contribution in [-0.4, -0.2) is 33.2 Å². The lowest BCUT2D eigenvalue weighted by Crippen LogP contribution is -2.26. The Morgan fingerprint density at radius 3 is 2.56 bits per heavy atom. The quantitative estimate of drug-likeness (QED) is 0.475. The summed E-state index contributed by atoms with van der Waals surface area (Å²) in [4.78, 5) is 0. The number of likely N-dealkylation sites (N-methyl/N-ethyl adjacent to an activating group) is 1. The molecule has 0 aliphatic carbocycles. The van der Waals surface area contributed by atoms with Crippen molar-refractivity contribution in [1.82, 2.24) is 16.4 Å². The highest BCUT2D eigenvalue weighted by molar-refractivity contribution is 4.48. The molecule has 0 rings (SSSR count). The van der Waals surface area contributed by atoms with Crippen molar-refractivity contribution in [2.24, 2.45) is 0 Å². The highest BCUT2D eigenvalue weighted by Gasteiger charge is 1.82. The summed E-state index contributed by atoms with van der Waals surface area (Å²) in [6, 6.07) is 0. The van der Waals surface area contributed by atoms with Gasteiger partial charge in [-0.05, 0) is 20.0 Å². The molecular formula is C6H16N3. The predicted molar refractivity (Wildman–Crippen MR) is 39.4 cm³/mol. The molecule has 0 bridgehead atoms. The molecule has 55 valence electrons. The van der Waals surface area contributed by atoms with Gasteiger partial charge in [-0.1, -0.05) is 0 Å². The van der Waals surface area contributed by atoms with Crippen molar-refractivity contribution in [1.29, 1.82) is 0 Å². The van der Waals surface area contributed by atoms with E-state index in [1.54, 1.807) is 0 Å². The lowest BCUT2D eigenvalue weighted by atomic mass is 10.4. The number of hydrogen-bond donors (Lipinski definition) is 2. The third-order valence-electron chi connectivity index (χ3n) is 1.08. The summed E-state index contributed by atoms with van der Waals surface area (Å²) in [6.07, 6.45) is 0.962. The minimum Gasteiger partial charge on any atom is -0.318 e. The zero-order valence-electron chi connectivity index (χ0n) is 6.04. The van der Waals surface area contributed by atoms with Crippen molar-refractivity contribution in [3.05, 3.63) is 0 Å². The lowest BCUT2D eigenvalue weighted by Gasteiger charge is -2.00. The van der Waals surface area contributed by atoms with Gasteiger partial charge in [0.15, 0.2) is 0 Å². The van der Waals surface area contributed by atoms with E-state index >= 15 is 0 Å². The molecule has 0 saturated heterocycles. The van der Waals surface area contributed by atoms with E-state index in [1.165, 1.54) is 0 Å². The van der Waals surface area contributed by atoms with Crippen molar-refractivity contribution >= 4 is 0 Å². The van der Waals surface area contributed by atoms with Gasteiger partial charge in [-0.25, -0.2) is 0 Å². The van der Waals surface area contributed by atoms with Crippen LogP contribution in [0.5, 0.6) is 0 Å². The summed E-state index contributed by atoms with van der Waals surface area (Å²) in [5.41, 5.74) is 6.83. The third kappa shape index (κ3) is 7.88. The van der Waals surface area contributed by atoms with Crippen molar-refractivity contribution in [3.8, 4) is 0 Å². The average Bonchev–Trinajstić information content (AvgIpc) is 1.89. The van der Waals surface area contributed by atoms with Gasteiger partial charge in [0.2, 0.25) is 0 Å². The Morgan fingerprint density at radius 2 is 2.00 bits per heavy atom. The van der Waals surface area contributed by atoms with Gasteiger partial charge < -0.3 is 10.6 Å². The van der Waals surface area contributed by atoms with Crippen molar-refractivity contribution in [3.63, 3.8) is 0 Å². The molecule has 3 N–H and O–H groups in total. The Kier molecular flexibility index (Phi) is 7.77. The highest BCUT2D eigenvalue weighted by atomic mass is 14.9. The summed E-state index contributed by atoms with van der Waals surface area (Å²) < 4.78 is 0. The molecule has 0 saturated carbocycles. The number of hydrogen-bond acceptors (Lipinski definition) is 2. The van der Waals surface area contributed by atoms with Crippen LogP contribution < -0.4 is 16.4 Å². The maximum Gasteiger partial charge on any atom is 0.0112 e. The molecule has 0 unspecified atom stereocenters. The molecule has 0 aromatic rings. The Hall–Kier alpha value is -0.120. The Bertz CT molecular complexity index is 41.6. The normalized spacial score (nSPS) is 10.0. The van der Waals surface area contributed by atoms with Crippen molar-refractivity contribution < 1.29 is 0 Å². The summed E-state index contributed by atoms with van der Waals surface area (Å²) in [5, 5.41) is 6.24. The smallest absolute Gasteiger partial charge is 0.0112 e. The first-order valence-electron chi connectivity index (χ1n) is 3.41. The van der Waals surface area contributed by atoms with E-state index < -0.39 is 0 Å². The number of nitrogens with one attached hydrogen (secondary N) is 3. The minimum atomic E-state index is 0.534. The van der Waals surface area contributed by atoms with Crippen LogP contribution in [0.15, 0.2) is 0 Å². The maximum atomic E-state index is 6.83. The first kappa shape index (κ1) is 8.88. The van der Waals surface area contributed by atoms with E-state index in [-0.39, 0.29) is 0 Å². The number of rotatable bonds is 6. The summed E-state index contributed by atoms with van der Waals surface area (Å²) >= 11 is 0. The Balaban J connectivity index is 2.60. The summed E-state index contributed by atoms with van der Waals surface area (Å²) in [6.45, 7) is 3.53. The van der Waals surface area contributed by atoms with Gasteiger partial charge in [0.1, 0.15) is 0 Å². The molecule has 3 nitrogen and oxygen atoms in total. The van der Waals surface area contributed by atoms with Gasteiger partial charge in [-0.3, -0.25) is 5.73 Å². The highest BCUT2D eigenvalue weighted by Crippen LogP contribution is 1.68. The standard InChI is InChI=1S/C6H16N3/c1-8-5-6-9-4-2-3-7/h7-9H,2-6H2,1H3. The van der Waals surface area contributed by atoms with Gasteiger partial charge in [-0.2, -0.15) is 0 Å². The van der Waals surface area contributed by atoms with Crippen LogP contribution in [0.1, 0.15) is 6.42 Å². The molecule has 0 heterocycles. The fraction of sp³-hybridized carbons (Fsp3) is 1.00. The summed E-state index contributed by atoms with van der Waals surface area (Å²) in [5.74, 6) is 0. The van der Waals surface area contributed by atoms with E-state index in [4.69, 9.17) is 5.73 Å². The van der Waals surface area contributed by atoms with Gasteiger partial charge in [0.25, 0.3) is 0 Å². The second-order valence-electron chi connectivity index (χ2n) is 1.96. The average molecular weight is 130 g/mol. The molecule has 0 aliphatic rings. The van der Waals surface area contributed by atoms with Crippen LogP contribution in [0.2, 0.25) is 0 Å². The van der Waals surface area contributed by atoms with Gasteiger partial charge in [0, 0.05) is 19.6 Å². The van der Waals surface area contributed by atoms with Crippen LogP contribution in [0, 0.1) is 0 Å². The van der Waals surface area contributed by atoms with E-state index in [9.17, 15) is 0 Å². The van der Waals surface area contributed by atoms with Crippen LogP contribution in [0.3, 0.4) is 0 Å². The monoisotopic (exact) mass is 130 g/mol. The second kappa shape index (κ2) is 7.88. The minimum absolute atomic E-state index is 0.534. The van der Waals surface area contributed by atoms with Gasteiger partial charge in [0.05, 0.1) is 0 Å². The van der Waals surface area contributed by atoms with Gasteiger partial charge in [-0.15, -0.1) is 0 Å². The van der Waals surface area contributed by atoms with Crippen LogP contribution in [0.25, 0.3) is 0 Å². The van der Waals surface area contributed by atoms with E-state index in [0.717, 1.165) is 26.1 Å². The fourth-order valence-corrected chi connectivity index (χ4v) is 0.552. The molecule has 0 aliphatic heterocycles. The topological polar surface area (TPSA) is 47.9 Å². The SMILES string of the molecule is CNCCNCCC[NH]. The Labute approximate surface area is 57.0 Å². The molecule has 9 heavy (non-hydrogen) atoms. The zero-order valence-corrected chi connectivity index (χ0v) is 6.04. The van der Waals surface area contributed by atoms with Gasteiger partial charge >= 0.3 is 0 Å². The van der Waals surface area contributed by atoms with Crippen molar-refractivity contribution in [2.45, 2.75) is 6.42 Å². The zero-order chi connectivity index (χ0) is 6.95. The van der Waals surface area contributed by atoms with E-state index in [1.807, 2.05) is 7.05 Å². The molecule has 1 radical (unpaired) electrons. The molecule has 0 aromatic carbocycles. The molecule has 0 atom stereocenters. The molecule has 0 fully saturated rings. The van der Waals surface area contributed by atoms with E-state index in [2.05, 4.69) is 10.6 Å². The largest absolute Gasteiger partial charge is 0.318 e. The Morgan fingerprint density at radius 1 is 1.22 bits per heavy atom. The first-order valence-corrected chi connectivity index (χ1v) is 3.41. The molecule has 0 spiro atoms.